The van der Waals surface area contributed by atoms with E-state index in [2.05, 4.69) is 52.5 Å². The number of fused-ring (bicyclic) bond motifs is 1. The fourth-order valence-electron chi connectivity index (χ4n) is 6.17. The highest BCUT2D eigenvalue weighted by Crippen LogP contribution is 2.22. The smallest absolute Gasteiger partial charge is 0.326 e. The molecule has 23 nitrogen and oxygen atoms in total. The Morgan fingerprint density at radius 2 is 1.51 bits per heavy atom. The van der Waals surface area contributed by atoms with Gasteiger partial charge in [0.25, 0.3) is 11.8 Å². The van der Waals surface area contributed by atoms with E-state index in [4.69, 9.17) is 11.5 Å². The molecule has 0 radical (unpaired) electrons. The van der Waals surface area contributed by atoms with Crippen LogP contribution in [0, 0.1) is 5.92 Å². The van der Waals surface area contributed by atoms with E-state index in [1.165, 1.54) is 25.4 Å². The lowest BCUT2D eigenvalue weighted by Gasteiger charge is -2.24. The number of rotatable bonds is 22. The molecule has 0 aliphatic carbocycles. The summed E-state index contributed by atoms with van der Waals surface area (Å²) in [4.78, 5) is 122. The van der Waals surface area contributed by atoms with Gasteiger partial charge in [-0.1, -0.05) is 37.3 Å². The van der Waals surface area contributed by atoms with Gasteiger partial charge in [-0.05, 0) is 55.2 Å². The van der Waals surface area contributed by atoms with E-state index in [1.54, 1.807) is 55.5 Å². The van der Waals surface area contributed by atoms with Gasteiger partial charge in [0.05, 0.1) is 30.8 Å². The van der Waals surface area contributed by atoms with Crippen molar-refractivity contribution in [2.45, 2.75) is 76.3 Å². The maximum Gasteiger partial charge on any atom is 0.326 e. The van der Waals surface area contributed by atoms with Crippen LogP contribution in [-0.4, -0.2) is 111 Å². The van der Waals surface area contributed by atoms with Crippen LogP contribution in [-0.2, 0) is 46.5 Å². The first-order valence-electron chi connectivity index (χ1n) is 20.3. The third-order valence-electron chi connectivity index (χ3n) is 9.83. The molecule has 6 amide bonds. The van der Waals surface area contributed by atoms with Gasteiger partial charge in [0.1, 0.15) is 23.8 Å². The number of hydrogen-bond donors (Lipinski definition) is 12. The number of anilines is 2. The molecule has 23 heteroatoms. The average molecular weight is 901 g/mol. The van der Waals surface area contributed by atoms with Crippen molar-refractivity contribution in [2.75, 3.05) is 24.2 Å². The van der Waals surface area contributed by atoms with Crippen molar-refractivity contribution in [2.24, 2.45) is 17.4 Å². The van der Waals surface area contributed by atoms with Crippen molar-refractivity contribution in [3.05, 3.63) is 95.2 Å². The van der Waals surface area contributed by atoms with Crippen LogP contribution in [0.25, 0.3) is 0 Å². The lowest BCUT2D eigenvalue weighted by molar-refractivity contribution is -0.140. The summed E-state index contributed by atoms with van der Waals surface area (Å²) < 4.78 is 0. The Labute approximate surface area is 372 Å². The fraction of sp³-hybridized carbons (Fsp3) is 0.357. The molecule has 2 heterocycles. The number of likely N-dealkylation sites (N-methyl/N-ethyl adjacent to an activating group) is 1. The number of benzene rings is 2. The largest absolute Gasteiger partial charge is 0.481 e. The molecule has 0 spiro atoms. The van der Waals surface area contributed by atoms with Crippen LogP contribution in [0.3, 0.4) is 0 Å². The average Bonchev–Trinajstić information content (AvgIpc) is 3.28. The molecule has 346 valence electrons. The Kier molecular flexibility index (Phi) is 18.4. The Morgan fingerprint density at radius 1 is 0.831 bits per heavy atom. The molecule has 1 aromatic heterocycles. The molecule has 65 heavy (non-hydrogen) atoms. The molecule has 1 aliphatic heterocycles. The Balaban J connectivity index is 1.22. The number of carboxylic acids is 2. The highest BCUT2D eigenvalue weighted by molar-refractivity contribution is 6.00. The minimum absolute atomic E-state index is 0.0851. The van der Waals surface area contributed by atoms with Gasteiger partial charge in [-0.15, -0.1) is 0 Å². The standard InChI is InChI=1S/C42H52N12O11/c1-22-8-15-30(43)53-37-34(35(22)59)49-26(20-48-37)19-46-25-11-9-24(10-12-25)38(60)51-28(42(64)65)13-16-31(55)47-21-32(56)54-36(44)41(63)50-27(14-17-33(57)58)40(62)52-29(39(61)45-2)18-23-6-4-3-5-7-23/h3-7,9-12,15,20,22,27-29,36,46H,8,13-14,16-19,21,43-44H2,1-2H3,(H,45,61)(H,47,55)(H,48,53)(H,50,63)(H,51,60)(H,52,62)(H,54,56)(H,57,58)(H,64,65)/b30-15+/t22?,27-,28-,29-,36?/m0/s1. The Bertz CT molecular complexity index is 2270. The van der Waals surface area contributed by atoms with E-state index in [0.29, 0.717) is 29.2 Å². The summed E-state index contributed by atoms with van der Waals surface area (Å²) in [5.41, 5.74) is 13.8. The third-order valence-corrected chi connectivity index (χ3v) is 9.83. The molecule has 3 aromatic rings. The maximum absolute atomic E-state index is 13.2. The van der Waals surface area contributed by atoms with E-state index in [9.17, 15) is 53.4 Å². The number of carboxylic acid groups (broad SMARTS) is 2. The zero-order valence-electron chi connectivity index (χ0n) is 35.5. The number of aromatic nitrogens is 2. The third kappa shape index (κ3) is 15.7. The quantitative estimate of drug-likeness (QED) is 0.0528. The first-order valence-corrected chi connectivity index (χ1v) is 20.3. The number of hydrogen-bond acceptors (Lipinski definition) is 15. The summed E-state index contributed by atoms with van der Waals surface area (Å²) >= 11 is 0. The molecular formula is C42H52N12O11. The monoisotopic (exact) mass is 900 g/mol. The number of nitrogens with zero attached hydrogens (tertiary/aromatic N) is 2. The first-order chi connectivity index (χ1) is 30.9. The van der Waals surface area contributed by atoms with Crippen LogP contribution in [0.1, 0.15) is 71.1 Å². The number of ketones is 1. The summed E-state index contributed by atoms with van der Waals surface area (Å²) in [5.74, 6) is -7.55. The van der Waals surface area contributed by atoms with E-state index in [1.807, 2.05) is 0 Å². The predicted molar refractivity (Wildman–Crippen MR) is 232 cm³/mol. The van der Waals surface area contributed by atoms with Crippen LogP contribution < -0.4 is 54.0 Å². The molecule has 1 aliphatic rings. The minimum Gasteiger partial charge on any atom is -0.481 e. The van der Waals surface area contributed by atoms with Crippen molar-refractivity contribution < 1.29 is 53.4 Å². The van der Waals surface area contributed by atoms with Crippen LogP contribution in [0.15, 0.2) is 72.7 Å². The molecule has 2 unspecified atom stereocenters. The maximum atomic E-state index is 13.2. The lowest BCUT2D eigenvalue weighted by Crippen LogP contribution is -2.59. The summed E-state index contributed by atoms with van der Waals surface area (Å²) in [7, 11) is 1.37. The van der Waals surface area contributed by atoms with E-state index in [0.717, 1.165) is 0 Å². The van der Waals surface area contributed by atoms with Crippen LogP contribution in [0.2, 0.25) is 0 Å². The second-order valence-corrected chi connectivity index (χ2v) is 14.9. The SMILES string of the molecule is CNC(=O)[C@H](Cc1ccccc1)NC(=O)[C@H](CCC(=O)O)NC(=O)C(N)NC(=O)CNC(=O)CC[C@H](NC(=O)c1ccc(NCc2cnc3c(n2)C(=O)C(C)C/C=C(\N)N3)cc1)C(=O)O. The number of carbonyl (C=O) groups excluding carboxylic acids is 7. The van der Waals surface area contributed by atoms with Crippen LogP contribution >= 0.6 is 0 Å². The van der Waals surface area contributed by atoms with Gasteiger partial charge in [0, 0.05) is 43.5 Å². The number of nitrogens with one attached hydrogen (secondary N) is 8. The number of allylic oxidation sites excluding steroid dienone is 1. The minimum atomic E-state index is -1.76. The number of carbonyl (C=O) groups is 9. The van der Waals surface area contributed by atoms with Gasteiger partial charge < -0.3 is 64.2 Å². The number of nitrogens with two attached hydrogens (primary N) is 2. The molecule has 0 saturated heterocycles. The highest BCUT2D eigenvalue weighted by atomic mass is 16.4. The van der Waals surface area contributed by atoms with Crippen molar-refractivity contribution in [1.82, 2.24) is 41.9 Å². The molecule has 0 fully saturated rings. The molecule has 0 bridgehead atoms. The molecule has 2 aromatic carbocycles. The number of Topliss-reactive ketones (excluding diaryl/α,β-unsaturated/α-hetero) is 1. The molecule has 0 saturated carbocycles. The second-order valence-electron chi connectivity index (χ2n) is 14.9. The highest BCUT2D eigenvalue weighted by Gasteiger charge is 2.30. The van der Waals surface area contributed by atoms with Gasteiger partial charge in [-0.2, -0.15) is 0 Å². The summed E-state index contributed by atoms with van der Waals surface area (Å²) in [5, 5.41) is 38.9. The summed E-state index contributed by atoms with van der Waals surface area (Å²) in [6.07, 6.45) is 0.253. The zero-order chi connectivity index (χ0) is 47.6. The van der Waals surface area contributed by atoms with E-state index >= 15 is 0 Å². The van der Waals surface area contributed by atoms with Crippen molar-refractivity contribution >= 4 is 64.7 Å². The van der Waals surface area contributed by atoms with E-state index in [-0.39, 0.29) is 54.6 Å². The normalized spacial score (nSPS) is 15.8. The van der Waals surface area contributed by atoms with Crippen molar-refractivity contribution in [3.8, 4) is 0 Å². The predicted octanol–water partition coefficient (Wildman–Crippen LogP) is -1.17. The zero-order valence-corrected chi connectivity index (χ0v) is 35.5. The lowest BCUT2D eigenvalue weighted by atomic mass is 9.98. The Hall–Kier alpha value is -7.95. The number of aliphatic carboxylic acids is 2. The second kappa shape index (κ2) is 24.0. The van der Waals surface area contributed by atoms with Crippen LogP contribution in [0.4, 0.5) is 11.5 Å². The van der Waals surface area contributed by atoms with Crippen molar-refractivity contribution in [3.63, 3.8) is 0 Å². The Morgan fingerprint density at radius 3 is 2.17 bits per heavy atom. The van der Waals surface area contributed by atoms with Gasteiger partial charge in [-0.25, -0.2) is 14.8 Å². The van der Waals surface area contributed by atoms with Crippen molar-refractivity contribution in [1.29, 1.82) is 0 Å². The fourth-order valence-corrected chi connectivity index (χ4v) is 6.17. The molecule has 4 rings (SSSR count). The van der Waals surface area contributed by atoms with Crippen LogP contribution in [0.5, 0.6) is 0 Å². The van der Waals surface area contributed by atoms with Gasteiger partial charge >= 0.3 is 11.9 Å². The topological polar surface area (TPSA) is 368 Å². The van der Waals surface area contributed by atoms with Gasteiger partial charge in [0.2, 0.25) is 23.6 Å². The summed E-state index contributed by atoms with van der Waals surface area (Å²) in [6.45, 7) is 1.26. The van der Waals surface area contributed by atoms with Gasteiger partial charge in [-0.3, -0.25) is 38.4 Å². The number of amides is 6. The summed E-state index contributed by atoms with van der Waals surface area (Å²) in [6, 6.07) is 10.7. The van der Waals surface area contributed by atoms with Gasteiger partial charge in [0.15, 0.2) is 17.8 Å². The molecule has 5 atom stereocenters. The first kappa shape index (κ1) is 49.7. The molecule has 14 N–H and O–H groups in total. The molecular weight excluding hydrogens is 849 g/mol. The van der Waals surface area contributed by atoms with E-state index < -0.39 is 91.1 Å².